The van der Waals surface area contributed by atoms with Crippen LogP contribution in [0.15, 0.2) is 4.42 Å². The van der Waals surface area contributed by atoms with E-state index in [1.807, 2.05) is 13.8 Å². The Balaban J connectivity index is 2.58. The van der Waals surface area contributed by atoms with Gasteiger partial charge in [-0.05, 0) is 12.3 Å². The van der Waals surface area contributed by atoms with Crippen LogP contribution in [0.1, 0.15) is 32.0 Å². The first-order valence-corrected chi connectivity index (χ1v) is 5.25. The first kappa shape index (κ1) is 12.5. The van der Waals surface area contributed by atoms with Crippen molar-refractivity contribution < 1.29 is 14.3 Å². The molecular weight excluding hydrogens is 210 g/mol. The van der Waals surface area contributed by atoms with Gasteiger partial charge in [-0.1, -0.05) is 13.8 Å². The molecule has 1 aromatic heterocycles. The molecule has 0 unspecified atom stereocenters. The molecule has 6 heteroatoms. The highest BCUT2D eigenvalue weighted by Gasteiger charge is 2.17. The van der Waals surface area contributed by atoms with Crippen LogP contribution >= 0.6 is 0 Å². The van der Waals surface area contributed by atoms with E-state index < -0.39 is 6.09 Å². The molecule has 6 nitrogen and oxygen atoms in total. The Bertz CT molecular complexity index is 349. The maximum absolute atomic E-state index is 10.6. The van der Waals surface area contributed by atoms with Gasteiger partial charge in [0.15, 0.2) is 0 Å². The van der Waals surface area contributed by atoms with Crippen LogP contribution in [0.2, 0.25) is 0 Å². The number of rotatable bonds is 5. The van der Waals surface area contributed by atoms with Gasteiger partial charge in [-0.2, -0.15) is 0 Å². The maximum atomic E-state index is 10.6. The molecule has 90 valence electrons. The summed E-state index contributed by atoms with van der Waals surface area (Å²) in [6, 6.07) is -0.183. The topological polar surface area (TPSA) is 88.2 Å². The highest BCUT2D eigenvalue weighted by Crippen LogP contribution is 2.10. The van der Waals surface area contributed by atoms with E-state index in [-0.39, 0.29) is 6.04 Å². The van der Waals surface area contributed by atoms with E-state index >= 15 is 0 Å². The number of nitrogens with zero attached hydrogens (tertiary/aromatic N) is 2. The summed E-state index contributed by atoms with van der Waals surface area (Å²) in [6.45, 7) is 5.78. The van der Waals surface area contributed by atoms with Crippen molar-refractivity contribution in [3.63, 3.8) is 0 Å². The van der Waals surface area contributed by atoms with Crippen LogP contribution in [-0.2, 0) is 6.42 Å². The van der Waals surface area contributed by atoms with Gasteiger partial charge in [0.25, 0.3) is 0 Å². The molecule has 1 amide bonds. The average molecular weight is 227 g/mol. The van der Waals surface area contributed by atoms with Crippen LogP contribution in [0.5, 0.6) is 0 Å². The van der Waals surface area contributed by atoms with Gasteiger partial charge in [-0.3, -0.25) is 0 Å². The molecule has 1 heterocycles. The van der Waals surface area contributed by atoms with E-state index in [0.717, 1.165) is 6.42 Å². The second-order valence-corrected chi connectivity index (χ2v) is 4.19. The number of carboxylic acid groups (broad SMARTS) is 1. The van der Waals surface area contributed by atoms with Crippen molar-refractivity contribution in [2.75, 3.05) is 0 Å². The summed E-state index contributed by atoms with van der Waals surface area (Å²) in [6.07, 6.45) is 0.154. The highest BCUT2D eigenvalue weighted by molar-refractivity contribution is 5.64. The fraction of sp³-hybridized carbons (Fsp3) is 0.700. The van der Waals surface area contributed by atoms with Crippen molar-refractivity contribution in [1.82, 2.24) is 15.5 Å². The summed E-state index contributed by atoms with van der Waals surface area (Å²) in [4.78, 5) is 10.6. The molecule has 2 N–H and O–H groups in total. The van der Waals surface area contributed by atoms with Crippen LogP contribution in [-0.4, -0.2) is 27.4 Å². The lowest BCUT2D eigenvalue weighted by molar-refractivity contribution is 0.187. The lowest BCUT2D eigenvalue weighted by Gasteiger charge is -2.16. The van der Waals surface area contributed by atoms with Crippen LogP contribution < -0.4 is 5.32 Å². The molecule has 1 rings (SSSR count). The third-order valence-corrected chi connectivity index (χ3v) is 2.07. The predicted octanol–water partition coefficient (Wildman–Crippen LogP) is 1.60. The molecule has 0 aromatic carbocycles. The van der Waals surface area contributed by atoms with E-state index in [4.69, 9.17) is 9.52 Å². The van der Waals surface area contributed by atoms with Gasteiger partial charge in [-0.25, -0.2) is 4.79 Å². The molecule has 0 aliphatic heterocycles. The Labute approximate surface area is 94.1 Å². The Morgan fingerprint density at radius 3 is 2.62 bits per heavy atom. The average Bonchev–Trinajstić information content (AvgIpc) is 2.48. The van der Waals surface area contributed by atoms with Crippen LogP contribution in [0.4, 0.5) is 4.79 Å². The van der Waals surface area contributed by atoms with Gasteiger partial charge in [0, 0.05) is 19.4 Å². The van der Waals surface area contributed by atoms with E-state index in [9.17, 15) is 4.79 Å². The molecule has 1 aromatic rings. The summed E-state index contributed by atoms with van der Waals surface area (Å²) in [5.74, 6) is 1.37. The summed E-state index contributed by atoms with van der Waals surface area (Å²) < 4.78 is 5.22. The lowest BCUT2D eigenvalue weighted by atomic mass is 10.0. The summed E-state index contributed by atoms with van der Waals surface area (Å²) in [7, 11) is 0. The maximum Gasteiger partial charge on any atom is 0.404 e. The van der Waals surface area contributed by atoms with Crippen LogP contribution in [0.25, 0.3) is 0 Å². The third kappa shape index (κ3) is 4.29. The monoisotopic (exact) mass is 227 g/mol. The quantitative estimate of drug-likeness (QED) is 0.797. The number of amides is 1. The van der Waals surface area contributed by atoms with Crippen molar-refractivity contribution in [2.45, 2.75) is 39.7 Å². The Kier molecular flexibility index (Phi) is 4.28. The fourth-order valence-corrected chi connectivity index (χ4v) is 1.57. The molecule has 0 radical (unpaired) electrons. The number of aryl methyl sites for hydroxylation is 1. The largest absolute Gasteiger partial charge is 0.465 e. The van der Waals surface area contributed by atoms with Crippen molar-refractivity contribution >= 4 is 6.09 Å². The normalized spacial score (nSPS) is 12.8. The standard InChI is InChI=1S/C10H17N3O3/c1-6(2)4-8(11-10(14)15)5-9-13-12-7(3)16-9/h6,8,11H,4-5H2,1-3H3,(H,14,15)/t8-/m0/s1. The molecule has 0 fully saturated rings. The molecule has 0 spiro atoms. The minimum Gasteiger partial charge on any atom is -0.465 e. The summed E-state index contributed by atoms with van der Waals surface area (Å²) in [5, 5.41) is 18.7. The Hall–Kier alpha value is -1.59. The third-order valence-electron chi connectivity index (χ3n) is 2.07. The van der Waals surface area contributed by atoms with Gasteiger partial charge in [0.2, 0.25) is 11.8 Å². The van der Waals surface area contributed by atoms with Gasteiger partial charge in [0.1, 0.15) is 0 Å². The second kappa shape index (κ2) is 5.48. The second-order valence-electron chi connectivity index (χ2n) is 4.19. The van der Waals surface area contributed by atoms with Crippen molar-refractivity contribution in [2.24, 2.45) is 5.92 Å². The first-order chi connectivity index (χ1) is 7.47. The highest BCUT2D eigenvalue weighted by atomic mass is 16.4. The zero-order valence-electron chi connectivity index (χ0n) is 9.73. The van der Waals surface area contributed by atoms with Crippen molar-refractivity contribution in [1.29, 1.82) is 0 Å². The number of hydrogen-bond acceptors (Lipinski definition) is 4. The minimum atomic E-state index is -1.03. The van der Waals surface area contributed by atoms with Gasteiger partial charge in [0.05, 0.1) is 0 Å². The van der Waals surface area contributed by atoms with E-state index in [2.05, 4.69) is 15.5 Å². The smallest absolute Gasteiger partial charge is 0.404 e. The predicted molar refractivity (Wildman–Crippen MR) is 57.1 cm³/mol. The van der Waals surface area contributed by atoms with Crippen LogP contribution in [0.3, 0.4) is 0 Å². The zero-order valence-corrected chi connectivity index (χ0v) is 9.73. The molecule has 16 heavy (non-hydrogen) atoms. The molecule has 0 aliphatic carbocycles. The lowest BCUT2D eigenvalue weighted by Crippen LogP contribution is -2.36. The molecule has 0 aliphatic rings. The SMILES string of the molecule is Cc1nnc(C[C@H](CC(C)C)NC(=O)O)o1. The minimum absolute atomic E-state index is 0.183. The molecular formula is C10H17N3O3. The zero-order chi connectivity index (χ0) is 12.1. The number of nitrogens with one attached hydrogen (secondary N) is 1. The summed E-state index contributed by atoms with van der Waals surface area (Å²) in [5.41, 5.74) is 0. The first-order valence-electron chi connectivity index (χ1n) is 5.25. The van der Waals surface area contributed by atoms with Crippen molar-refractivity contribution in [3.8, 4) is 0 Å². The van der Waals surface area contributed by atoms with E-state index in [1.165, 1.54) is 0 Å². The Morgan fingerprint density at radius 2 is 2.19 bits per heavy atom. The number of hydrogen-bond donors (Lipinski definition) is 2. The van der Waals surface area contributed by atoms with Crippen molar-refractivity contribution in [3.05, 3.63) is 11.8 Å². The molecule has 0 saturated carbocycles. The Morgan fingerprint density at radius 1 is 1.50 bits per heavy atom. The number of carbonyl (C=O) groups is 1. The van der Waals surface area contributed by atoms with E-state index in [0.29, 0.717) is 24.1 Å². The number of aromatic nitrogens is 2. The molecule has 1 atom stereocenters. The van der Waals surface area contributed by atoms with Gasteiger partial charge < -0.3 is 14.8 Å². The van der Waals surface area contributed by atoms with Gasteiger partial charge >= 0.3 is 6.09 Å². The molecule has 0 bridgehead atoms. The summed E-state index contributed by atoms with van der Waals surface area (Å²) >= 11 is 0. The van der Waals surface area contributed by atoms with Crippen LogP contribution in [0, 0.1) is 12.8 Å². The van der Waals surface area contributed by atoms with E-state index in [1.54, 1.807) is 6.92 Å². The molecule has 0 saturated heterocycles. The van der Waals surface area contributed by atoms with Gasteiger partial charge in [-0.15, -0.1) is 10.2 Å². The fourth-order valence-electron chi connectivity index (χ4n) is 1.57.